The number of hydrogen-bond donors (Lipinski definition) is 1. The van der Waals surface area contributed by atoms with Crippen LogP contribution in [0.3, 0.4) is 0 Å². The molecule has 1 aliphatic heterocycles. The van der Waals surface area contributed by atoms with Gasteiger partial charge in [-0.3, -0.25) is 4.79 Å². The molecule has 0 unspecified atom stereocenters. The highest BCUT2D eigenvalue weighted by Crippen LogP contribution is 2.31. The number of halogens is 2. The molecule has 1 N–H and O–H groups in total. The van der Waals surface area contributed by atoms with E-state index in [1.165, 1.54) is 12.8 Å². The van der Waals surface area contributed by atoms with Crippen LogP contribution in [-0.4, -0.2) is 19.0 Å². The third-order valence-corrected chi connectivity index (χ3v) is 3.55. The Morgan fingerprint density at radius 1 is 1.15 bits per heavy atom. The first-order valence-electron chi connectivity index (χ1n) is 7.16. The summed E-state index contributed by atoms with van der Waals surface area (Å²) in [5.74, 6) is -1.91. The van der Waals surface area contributed by atoms with Crippen molar-refractivity contribution >= 4 is 17.3 Å². The molecule has 1 heterocycles. The zero-order chi connectivity index (χ0) is 14.5. The van der Waals surface area contributed by atoms with Crippen LogP contribution in [0.15, 0.2) is 12.1 Å². The standard InChI is InChI=1S/C15H20F2N2O/c1-2-3-4-5-6-7-19-14-9-12(17)11(16)8-13(14)18-10-15(19)20/h8-9,18H,2-7,10H2,1H3. The Hall–Kier alpha value is -1.65. The topological polar surface area (TPSA) is 32.3 Å². The summed E-state index contributed by atoms with van der Waals surface area (Å²) in [6.45, 7) is 2.84. The van der Waals surface area contributed by atoms with E-state index >= 15 is 0 Å². The fourth-order valence-electron chi connectivity index (χ4n) is 2.42. The number of unbranched alkanes of at least 4 members (excludes halogenated alkanes) is 4. The number of anilines is 2. The summed E-state index contributed by atoms with van der Waals surface area (Å²) < 4.78 is 26.6. The first-order chi connectivity index (χ1) is 9.63. The number of hydrogen-bond acceptors (Lipinski definition) is 2. The number of rotatable bonds is 6. The van der Waals surface area contributed by atoms with Crippen LogP contribution in [0.25, 0.3) is 0 Å². The van der Waals surface area contributed by atoms with Crippen LogP contribution in [-0.2, 0) is 4.79 Å². The lowest BCUT2D eigenvalue weighted by Gasteiger charge is -2.30. The Morgan fingerprint density at radius 2 is 1.85 bits per heavy atom. The SMILES string of the molecule is CCCCCCCN1C(=O)CNc2cc(F)c(F)cc21. The maximum absolute atomic E-state index is 13.4. The van der Waals surface area contributed by atoms with Gasteiger partial charge in [-0.15, -0.1) is 0 Å². The number of carbonyl (C=O) groups is 1. The third-order valence-electron chi connectivity index (χ3n) is 3.55. The largest absolute Gasteiger partial charge is 0.374 e. The van der Waals surface area contributed by atoms with Crippen molar-refractivity contribution in [2.45, 2.75) is 39.0 Å². The van der Waals surface area contributed by atoms with Gasteiger partial charge in [0, 0.05) is 18.7 Å². The van der Waals surface area contributed by atoms with E-state index in [1.54, 1.807) is 4.90 Å². The van der Waals surface area contributed by atoms with Crippen LogP contribution in [0.5, 0.6) is 0 Å². The quantitative estimate of drug-likeness (QED) is 0.807. The van der Waals surface area contributed by atoms with Gasteiger partial charge in [0.05, 0.1) is 17.9 Å². The van der Waals surface area contributed by atoms with Crippen molar-refractivity contribution in [2.75, 3.05) is 23.3 Å². The number of fused-ring (bicyclic) bond motifs is 1. The molecule has 5 heteroatoms. The molecular weight excluding hydrogens is 262 g/mol. The maximum Gasteiger partial charge on any atom is 0.246 e. The van der Waals surface area contributed by atoms with E-state index in [2.05, 4.69) is 12.2 Å². The minimum atomic E-state index is -0.920. The van der Waals surface area contributed by atoms with Crippen molar-refractivity contribution in [3.8, 4) is 0 Å². The summed E-state index contributed by atoms with van der Waals surface area (Å²) in [4.78, 5) is 13.5. The Morgan fingerprint density at radius 3 is 2.60 bits per heavy atom. The monoisotopic (exact) mass is 282 g/mol. The highest BCUT2D eigenvalue weighted by Gasteiger charge is 2.25. The fraction of sp³-hybridized carbons (Fsp3) is 0.533. The minimum Gasteiger partial charge on any atom is -0.374 e. The lowest BCUT2D eigenvalue weighted by molar-refractivity contribution is -0.117. The second kappa shape index (κ2) is 6.68. The van der Waals surface area contributed by atoms with Gasteiger partial charge in [0.2, 0.25) is 5.91 Å². The normalized spacial score (nSPS) is 14.2. The van der Waals surface area contributed by atoms with E-state index in [9.17, 15) is 13.6 Å². The molecule has 0 aromatic heterocycles. The van der Waals surface area contributed by atoms with E-state index in [0.717, 1.165) is 31.4 Å². The molecule has 0 spiro atoms. The van der Waals surface area contributed by atoms with Gasteiger partial charge in [0.15, 0.2) is 11.6 Å². The molecule has 0 radical (unpaired) electrons. The van der Waals surface area contributed by atoms with Crippen LogP contribution in [0.4, 0.5) is 20.2 Å². The molecule has 20 heavy (non-hydrogen) atoms. The zero-order valence-corrected chi connectivity index (χ0v) is 11.7. The molecule has 0 fully saturated rings. The third kappa shape index (κ3) is 3.26. The summed E-state index contributed by atoms with van der Waals surface area (Å²) >= 11 is 0. The molecule has 1 aromatic rings. The van der Waals surface area contributed by atoms with Crippen LogP contribution in [0.2, 0.25) is 0 Å². The van der Waals surface area contributed by atoms with Crippen LogP contribution in [0.1, 0.15) is 39.0 Å². The summed E-state index contributed by atoms with van der Waals surface area (Å²) in [6.07, 6.45) is 5.42. The average molecular weight is 282 g/mol. The van der Waals surface area contributed by atoms with E-state index < -0.39 is 11.6 Å². The fourth-order valence-corrected chi connectivity index (χ4v) is 2.42. The van der Waals surface area contributed by atoms with Crippen molar-refractivity contribution < 1.29 is 13.6 Å². The van der Waals surface area contributed by atoms with Crippen molar-refractivity contribution in [1.82, 2.24) is 0 Å². The molecular formula is C15H20F2N2O. The second-order valence-electron chi connectivity index (χ2n) is 5.10. The number of nitrogens with one attached hydrogen (secondary N) is 1. The molecule has 0 atom stereocenters. The van der Waals surface area contributed by atoms with Gasteiger partial charge in [-0.05, 0) is 6.42 Å². The average Bonchev–Trinajstić information content (AvgIpc) is 2.43. The highest BCUT2D eigenvalue weighted by molar-refractivity contribution is 6.02. The summed E-state index contributed by atoms with van der Waals surface area (Å²) in [5.41, 5.74) is 0.924. The Balaban J connectivity index is 2.05. The van der Waals surface area contributed by atoms with Crippen molar-refractivity contribution in [1.29, 1.82) is 0 Å². The van der Waals surface area contributed by atoms with E-state index in [-0.39, 0.29) is 12.5 Å². The molecule has 110 valence electrons. The van der Waals surface area contributed by atoms with Gasteiger partial charge in [-0.2, -0.15) is 0 Å². The van der Waals surface area contributed by atoms with Crippen molar-refractivity contribution in [3.63, 3.8) is 0 Å². The van der Waals surface area contributed by atoms with E-state index in [1.807, 2.05) is 0 Å². The maximum atomic E-state index is 13.4. The Bertz CT molecular complexity index is 491. The molecule has 1 aliphatic rings. The molecule has 0 saturated carbocycles. The Labute approximate surface area is 118 Å². The Kier molecular flexibility index (Phi) is 4.93. The van der Waals surface area contributed by atoms with Gasteiger partial charge in [-0.25, -0.2) is 8.78 Å². The first kappa shape index (κ1) is 14.8. The van der Waals surface area contributed by atoms with Gasteiger partial charge < -0.3 is 10.2 Å². The van der Waals surface area contributed by atoms with Crippen molar-refractivity contribution in [2.24, 2.45) is 0 Å². The van der Waals surface area contributed by atoms with Crippen LogP contribution < -0.4 is 10.2 Å². The van der Waals surface area contributed by atoms with Crippen LogP contribution >= 0.6 is 0 Å². The minimum absolute atomic E-state index is 0.0981. The van der Waals surface area contributed by atoms with Gasteiger partial charge in [-0.1, -0.05) is 32.6 Å². The highest BCUT2D eigenvalue weighted by atomic mass is 19.2. The van der Waals surface area contributed by atoms with Gasteiger partial charge in [0.1, 0.15) is 0 Å². The molecule has 2 rings (SSSR count). The summed E-state index contributed by atoms with van der Waals surface area (Å²) in [6, 6.07) is 2.21. The lowest BCUT2D eigenvalue weighted by Crippen LogP contribution is -2.40. The predicted octanol–water partition coefficient (Wildman–Crippen LogP) is 3.69. The van der Waals surface area contributed by atoms with Gasteiger partial charge in [0.25, 0.3) is 0 Å². The lowest BCUT2D eigenvalue weighted by atomic mass is 10.1. The summed E-state index contributed by atoms with van der Waals surface area (Å²) in [7, 11) is 0. The number of nitrogens with zero attached hydrogens (tertiary/aromatic N) is 1. The van der Waals surface area contributed by atoms with E-state index in [4.69, 9.17) is 0 Å². The number of carbonyl (C=O) groups excluding carboxylic acids is 1. The predicted molar refractivity (Wildman–Crippen MR) is 76.0 cm³/mol. The summed E-state index contributed by atoms with van der Waals surface area (Å²) in [5, 5.41) is 2.82. The zero-order valence-electron chi connectivity index (χ0n) is 11.7. The smallest absolute Gasteiger partial charge is 0.246 e. The van der Waals surface area contributed by atoms with E-state index in [0.29, 0.717) is 17.9 Å². The molecule has 0 bridgehead atoms. The number of amides is 1. The second-order valence-corrected chi connectivity index (χ2v) is 5.10. The molecule has 3 nitrogen and oxygen atoms in total. The molecule has 0 aliphatic carbocycles. The molecule has 1 aromatic carbocycles. The number of benzene rings is 1. The first-order valence-corrected chi connectivity index (χ1v) is 7.16. The van der Waals surface area contributed by atoms with Crippen molar-refractivity contribution in [3.05, 3.63) is 23.8 Å². The molecule has 1 amide bonds. The van der Waals surface area contributed by atoms with Gasteiger partial charge >= 0.3 is 0 Å². The van der Waals surface area contributed by atoms with Crippen LogP contribution in [0, 0.1) is 11.6 Å². The molecule has 0 saturated heterocycles.